The highest BCUT2D eigenvalue weighted by atomic mass is 35.5. The van der Waals surface area contributed by atoms with Gasteiger partial charge in [0.2, 0.25) is 0 Å². The molecule has 0 radical (unpaired) electrons. The van der Waals surface area contributed by atoms with Gasteiger partial charge in [-0.25, -0.2) is 20.2 Å². The molecule has 5 rings (SSSR count). The SMILES string of the molecule is CCN1CCC(N(N)/C=C(\N)C(Nc2cc(Cl)c3ncnc(Nc4ccc(F)c(Cl)c4)c3c2)c2ccc(Cl)cc2)CC1. The van der Waals surface area contributed by atoms with E-state index >= 15 is 0 Å². The van der Waals surface area contributed by atoms with Gasteiger partial charge < -0.3 is 26.3 Å². The van der Waals surface area contributed by atoms with Crippen LogP contribution in [0.5, 0.6) is 0 Å². The number of nitrogens with two attached hydrogens (primary N) is 2. The number of hydrogen-bond donors (Lipinski definition) is 4. The molecule has 0 spiro atoms. The van der Waals surface area contributed by atoms with Gasteiger partial charge in [0, 0.05) is 47.1 Å². The van der Waals surface area contributed by atoms with E-state index in [4.69, 9.17) is 46.4 Å². The first-order chi connectivity index (χ1) is 20.2. The molecular weight excluding hydrogens is 598 g/mol. The molecule has 1 saturated heterocycles. The van der Waals surface area contributed by atoms with Crippen molar-refractivity contribution < 1.29 is 4.39 Å². The topological polar surface area (TPSA) is 108 Å². The van der Waals surface area contributed by atoms with E-state index in [1.54, 1.807) is 23.3 Å². The second kappa shape index (κ2) is 13.3. The first-order valence-electron chi connectivity index (χ1n) is 13.6. The van der Waals surface area contributed by atoms with E-state index in [2.05, 4.69) is 32.4 Å². The van der Waals surface area contributed by atoms with E-state index in [-0.39, 0.29) is 11.1 Å². The van der Waals surface area contributed by atoms with Crippen molar-refractivity contribution in [3.63, 3.8) is 0 Å². The fourth-order valence-electron chi connectivity index (χ4n) is 5.09. The Balaban J connectivity index is 1.47. The number of benzene rings is 3. The third-order valence-corrected chi connectivity index (χ3v) is 8.28. The van der Waals surface area contributed by atoms with Crippen LogP contribution in [-0.2, 0) is 0 Å². The summed E-state index contributed by atoms with van der Waals surface area (Å²) >= 11 is 18.9. The number of nitrogens with one attached hydrogen (secondary N) is 2. The van der Waals surface area contributed by atoms with Gasteiger partial charge >= 0.3 is 0 Å². The summed E-state index contributed by atoms with van der Waals surface area (Å²) in [6.45, 7) is 5.20. The van der Waals surface area contributed by atoms with E-state index in [1.165, 1.54) is 18.5 Å². The van der Waals surface area contributed by atoms with Crippen LogP contribution in [0, 0.1) is 5.82 Å². The molecule has 0 saturated carbocycles. The summed E-state index contributed by atoms with van der Waals surface area (Å²) in [5.74, 6) is 6.48. The maximum atomic E-state index is 13.7. The highest BCUT2D eigenvalue weighted by Gasteiger charge is 2.23. The molecule has 1 aromatic heterocycles. The molecule has 4 aromatic rings. The molecular formula is C30H32Cl3FN8. The number of likely N-dealkylation sites (tertiary alicyclic amines) is 1. The number of hydrazine groups is 1. The molecule has 1 unspecified atom stereocenters. The van der Waals surface area contributed by atoms with Gasteiger partial charge in [0.25, 0.3) is 0 Å². The van der Waals surface area contributed by atoms with Gasteiger partial charge in [-0.15, -0.1) is 0 Å². The molecule has 1 aliphatic rings. The van der Waals surface area contributed by atoms with Gasteiger partial charge in [-0.1, -0.05) is 53.9 Å². The lowest BCUT2D eigenvalue weighted by Gasteiger charge is -2.36. The number of hydrogen-bond acceptors (Lipinski definition) is 8. The van der Waals surface area contributed by atoms with Crippen molar-refractivity contribution in [3.05, 3.63) is 99.3 Å². The monoisotopic (exact) mass is 628 g/mol. The number of nitrogens with zero attached hydrogens (tertiary/aromatic N) is 4. The van der Waals surface area contributed by atoms with Crippen molar-refractivity contribution in [2.24, 2.45) is 11.6 Å². The van der Waals surface area contributed by atoms with Crippen molar-refractivity contribution in [1.29, 1.82) is 0 Å². The van der Waals surface area contributed by atoms with Crippen molar-refractivity contribution in [3.8, 4) is 0 Å². The minimum atomic E-state index is -0.509. The fraction of sp³-hybridized carbons (Fsp3) is 0.267. The third kappa shape index (κ3) is 6.99. The van der Waals surface area contributed by atoms with Crippen LogP contribution in [0.25, 0.3) is 10.9 Å². The van der Waals surface area contributed by atoms with Crippen molar-refractivity contribution in [2.75, 3.05) is 30.3 Å². The zero-order valence-corrected chi connectivity index (χ0v) is 25.3. The summed E-state index contributed by atoms with van der Waals surface area (Å²) < 4.78 is 13.7. The summed E-state index contributed by atoms with van der Waals surface area (Å²) in [4.78, 5) is 11.2. The van der Waals surface area contributed by atoms with E-state index in [0.717, 1.165) is 38.0 Å². The van der Waals surface area contributed by atoms with Crippen molar-refractivity contribution in [2.45, 2.75) is 31.8 Å². The quantitative estimate of drug-likeness (QED) is 0.115. The molecule has 6 N–H and O–H groups in total. The molecule has 0 bridgehead atoms. The minimum Gasteiger partial charge on any atom is -0.399 e. The summed E-state index contributed by atoms with van der Waals surface area (Å²) in [5.41, 5.74) is 9.93. The first kappa shape index (κ1) is 30.1. The summed E-state index contributed by atoms with van der Waals surface area (Å²) in [7, 11) is 0. The van der Waals surface area contributed by atoms with Crippen LogP contribution in [0.15, 0.2) is 72.8 Å². The van der Waals surface area contributed by atoms with Gasteiger partial charge in [-0.2, -0.15) is 0 Å². The molecule has 0 aliphatic carbocycles. The van der Waals surface area contributed by atoms with Crippen LogP contribution in [0.2, 0.25) is 15.1 Å². The van der Waals surface area contributed by atoms with Gasteiger partial charge in [0.15, 0.2) is 0 Å². The summed E-state index contributed by atoms with van der Waals surface area (Å²) in [6.07, 6.45) is 5.13. The Bertz CT molecular complexity index is 1580. The molecule has 2 heterocycles. The fourth-order valence-corrected chi connectivity index (χ4v) is 5.66. The molecule has 3 aromatic carbocycles. The zero-order chi connectivity index (χ0) is 29.8. The molecule has 220 valence electrons. The number of rotatable bonds is 9. The first-order valence-corrected chi connectivity index (χ1v) is 14.8. The van der Waals surface area contributed by atoms with Gasteiger partial charge in [-0.3, -0.25) is 0 Å². The van der Waals surface area contributed by atoms with E-state index in [0.29, 0.717) is 43.8 Å². The van der Waals surface area contributed by atoms with Crippen LogP contribution in [0.4, 0.5) is 21.6 Å². The Hall–Kier alpha value is -3.34. The Labute approximate surface area is 259 Å². The van der Waals surface area contributed by atoms with Crippen LogP contribution in [-0.4, -0.2) is 45.6 Å². The summed E-state index contributed by atoms with van der Waals surface area (Å²) in [6, 6.07) is 15.2. The van der Waals surface area contributed by atoms with Crippen molar-refractivity contribution in [1.82, 2.24) is 19.9 Å². The zero-order valence-electron chi connectivity index (χ0n) is 23.0. The second-order valence-corrected chi connectivity index (χ2v) is 11.5. The molecule has 8 nitrogen and oxygen atoms in total. The second-order valence-electron chi connectivity index (χ2n) is 10.2. The predicted octanol–water partition coefficient (Wildman–Crippen LogP) is 7.09. The Kier molecular flexibility index (Phi) is 9.55. The highest BCUT2D eigenvalue weighted by Crippen LogP contribution is 2.34. The predicted molar refractivity (Wildman–Crippen MR) is 170 cm³/mol. The number of fused-ring (bicyclic) bond motifs is 1. The number of piperidine rings is 1. The Morgan fingerprint density at radius 1 is 1.05 bits per heavy atom. The summed E-state index contributed by atoms with van der Waals surface area (Å²) in [5, 5.41) is 10.1. The van der Waals surface area contributed by atoms with Crippen molar-refractivity contribution >= 4 is 62.9 Å². The number of halogens is 4. The lowest BCUT2D eigenvalue weighted by atomic mass is 10.0. The normalized spacial score (nSPS) is 15.5. The third-order valence-electron chi connectivity index (χ3n) is 7.45. The molecule has 42 heavy (non-hydrogen) atoms. The lowest BCUT2D eigenvalue weighted by Crippen LogP contribution is -2.46. The number of aromatic nitrogens is 2. The maximum absolute atomic E-state index is 13.7. The smallest absolute Gasteiger partial charge is 0.141 e. The van der Waals surface area contributed by atoms with Crippen LogP contribution in [0.1, 0.15) is 31.4 Å². The molecule has 12 heteroatoms. The van der Waals surface area contributed by atoms with Gasteiger partial charge in [0.1, 0.15) is 18.0 Å². The van der Waals surface area contributed by atoms with Crippen LogP contribution >= 0.6 is 34.8 Å². The maximum Gasteiger partial charge on any atom is 0.141 e. The van der Waals surface area contributed by atoms with E-state index in [1.807, 2.05) is 30.3 Å². The van der Waals surface area contributed by atoms with E-state index < -0.39 is 11.9 Å². The average Bonchev–Trinajstić information content (AvgIpc) is 2.98. The average molecular weight is 630 g/mol. The molecule has 1 aliphatic heterocycles. The van der Waals surface area contributed by atoms with E-state index in [9.17, 15) is 4.39 Å². The molecule has 1 fully saturated rings. The standard InChI is InChI=1S/C30H32Cl3FN8/c1-2-41-11-9-22(10-12-41)42(36)16-27(35)28(18-3-5-19(31)6-4-18)39-21-13-23-29(25(33)15-21)37-17-38-30(23)40-20-7-8-26(34)24(32)14-20/h3-8,13-17,22,28,39H,2,9-12,35-36H2,1H3,(H,37,38,40)/b27-16-. The van der Waals surface area contributed by atoms with Gasteiger partial charge in [0.05, 0.1) is 27.3 Å². The lowest BCUT2D eigenvalue weighted by molar-refractivity contribution is 0.146. The largest absolute Gasteiger partial charge is 0.399 e. The highest BCUT2D eigenvalue weighted by molar-refractivity contribution is 6.35. The minimum absolute atomic E-state index is 0.00307. The number of anilines is 3. The molecule has 0 amide bonds. The van der Waals surface area contributed by atoms with Crippen LogP contribution in [0.3, 0.4) is 0 Å². The Morgan fingerprint density at radius 3 is 2.45 bits per heavy atom. The van der Waals surface area contributed by atoms with Crippen LogP contribution < -0.4 is 22.2 Å². The Morgan fingerprint density at radius 2 is 1.76 bits per heavy atom. The van der Waals surface area contributed by atoms with Gasteiger partial charge in [-0.05, 0) is 67.4 Å². The molecule has 1 atom stereocenters.